The van der Waals surface area contributed by atoms with Crippen LogP contribution in [-0.2, 0) is 16.1 Å². The average Bonchev–Trinajstić information content (AvgIpc) is 2.65. The second kappa shape index (κ2) is 4.92. The summed E-state index contributed by atoms with van der Waals surface area (Å²) in [5.74, 6) is -0.996. The Kier molecular flexibility index (Phi) is 3.84. The van der Waals surface area contributed by atoms with Gasteiger partial charge in [-0.2, -0.15) is 5.10 Å². The first-order chi connectivity index (χ1) is 7.04. The Labute approximate surface area is 94.5 Å². The Morgan fingerprint density at radius 1 is 1.73 bits per heavy atom. The molecule has 0 aromatic carbocycles. The third kappa shape index (κ3) is 3.05. The summed E-state index contributed by atoms with van der Waals surface area (Å²) < 4.78 is 5.96. The van der Waals surface area contributed by atoms with Crippen molar-refractivity contribution >= 4 is 27.8 Å². The number of esters is 1. The predicted octanol–water partition coefficient (Wildman–Crippen LogP) is -0.0815. The molecule has 82 valence electrons. The van der Waals surface area contributed by atoms with Gasteiger partial charge in [-0.05, 0) is 6.07 Å². The molecule has 1 amide bonds. The number of nitrogens with zero attached hydrogens (tertiary/aromatic N) is 2. The van der Waals surface area contributed by atoms with Crippen LogP contribution in [0.4, 0.5) is 0 Å². The van der Waals surface area contributed by atoms with Gasteiger partial charge in [0.25, 0.3) is 5.91 Å². The fourth-order valence-electron chi connectivity index (χ4n) is 0.961. The van der Waals surface area contributed by atoms with Gasteiger partial charge in [0.05, 0.1) is 13.7 Å². The Morgan fingerprint density at radius 3 is 2.87 bits per heavy atom. The van der Waals surface area contributed by atoms with E-state index in [9.17, 15) is 9.59 Å². The van der Waals surface area contributed by atoms with Gasteiger partial charge in [0.15, 0.2) is 0 Å². The minimum Gasteiger partial charge on any atom is -0.468 e. The van der Waals surface area contributed by atoms with E-state index in [-0.39, 0.29) is 12.2 Å². The van der Waals surface area contributed by atoms with Gasteiger partial charge >= 0.3 is 5.97 Å². The standard InChI is InChI=1S/C8H10BrN3O3/c1-15-8(14)5(9)4-12-3-2-6(11-12)7(10)13/h2-3,5H,4H2,1H3,(H2,10,13). The van der Waals surface area contributed by atoms with E-state index in [4.69, 9.17) is 5.73 Å². The zero-order valence-corrected chi connectivity index (χ0v) is 9.60. The Bertz CT molecular complexity index is 377. The van der Waals surface area contributed by atoms with E-state index in [1.54, 1.807) is 6.20 Å². The molecule has 0 aliphatic heterocycles. The van der Waals surface area contributed by atoms with Crippen LogP contribution in [0.25, 0.3) is 0 Å². The average molecular weight is 276 g/mol. The number of methoxy groups -OCH3 is 1. The van der Waals surface area contributed by atoms with Gasteiger partial charge in [0.1, 0.15) is 10.5 Å². The Morgan fingerprint density at radius 2 is 2.40 bits per heavy atom. The summed E-state index contributed by atoms with van der Waals surface area (Å²) in [4.78, 5) is 21.3. The molecule has 0 saturated carbocycles. The van der Waals surface area contributed by atoms with Gasteiger partial charge in [0, 0.05) is 6.20 Å². The van der Waals surface area contributed by atoms with E-state index in [0.717, 1.165) is 0 Å². The van der Waals surface area contributed by atoms with Crippen molar-refractivity contribution in [3.05, 3.63) is 18.0 Å². The summed E-state index contributed by atoms with van der Waals surface area (Å²) in [6.45, 7) is 0.278. The second-order valence-electron chi connectivity index (χ2n) is 2.78. The van der Waals surface area contributed by atoms with E-state index in [1.807, 2.05) is 0 Å². The normalized spacial score (nSPS) is 12.1. The molecule has 1 aromatic heterocycles. The van der Waals surface area contributed by atoms with E-state index < -0.39 is 16.7 Å². The van der Waals surface area contributed by atoms with Gasteiger partial charge in [-0.3, -0.25) is 14.3 Å². The van der Waals surface area contributed by atoms with Gasteiger partial charge in [0.2, 0.25) is 0 Å². The van der Waals surface area contributed by atoms with Crippen LogP contribution in [0.1, 0.15) is 10.5 Å². The molecule has 2 N–H and O–H groups in total. The quantitative estimate of drug-likeness (QED) is 0.615. The second-order valence-corrected chi connectivity index (χ2v) is 3.88. The van der Waals surface area contributed by atoms with Crippen molar-refractivity contribution in [1.82, 2.24) is 9.78 Å². The lowest BCUT2D eigenvalue weighted by Gasteiger charge is -2.06. The number of primary amides is 1. The topological polar surface area (TPSA) is 87.2 Å². The Hall–Kier alpha value is -1.37. The van der Waals surface area contributed by atoms with Crippen molar-refractivity contribution in [2.75, 3.05) is 7.11 Å². The SMILES string of the molecule is COC(=O)C(Br)Cn1ccc(C(N)=O)n1. The minimum absolute atomic E-state index is 0.166. The molecule has 1 heterocycles. The summed E-state index contributed by atoms with van der Waals surface area (Å²) in [6, 6.07) is 1.49. The van der Waals surface area contributed by atoms with E-state index in [0.29, 0.717) is 0 Å². The molecule has 0 aliphatic carbocycles. The molecule has 0 fully saturated rings. The van der Waals surface area contributed by atoms with Crippen LogP contribution >= 0.6 is 15.9 Å². The molecule has 0 aliphatic rings. The van der Waals surface area contributed by atoms with E-state index in [1.165, 1.54) is 17.9 Å². The molecular weight excluding hydrogens is 266 g/mol. The van der Waals surface area contributed by atoms with Crippen LogP contribution < -0.4 is 5.73 Å². The number of nitrogens with two attached hydrogens (primary N) is 1. The zero-order valence-electron chi connectivity index (χ0n) is 8.01. The first-order valence-electron chi connectivity index (χ1n) is 4.09. The zero-order chi connectivity index (χ0) is 11.4. The molecule has 0 saturated heterocycles. The molecule has 1 atom stereocenters. The van der Waals surface area contributed by atoms with Gasteiger partial charge in [-0.1, -0.05) is 15.9 Å². The maximum Gasteiger partial charge on any atom is 0.321 e. The summed E-state index contributed by atoms with van der Waals surface area (Å²) in [5, 5.41) is 3.87. The number of amides is 1. The minimum atomic E-state index is -0.599. The lowest BCUT2D eigenvalue weighted by Crippen LogP contribution is -2.22. The number of ether oxygens (including phenoxy) is 1. The smallest absolute Gasteiger partial charge is 0.321 e. The van der Waals surface area contributed by atoms with E-state index >= 15 is 0 Å². The van der Waals surface area contributed by atoms with Crippen LogP contribution in [0.2, 0.25) is 0 Å². The number of halogens is 1. The Balaban J connectivity index is 2.65. The molecule has 0 radical (unpaired) electrons. The van der Waals surface area contributed by atoms with Crippen LogP contribution in [0.15, 0.2) is 12.3 Å². The van der Waals surface area contributed by atoms with Crippen molar-refractivity contribution in [3.63, 3.8) is 0 Å². The lowest BCUT2D eigenvalue weighted by atomic mass is 10.4. The lowest BCUT2D eigenvalue weighted by molar-refractivity contribution is -0.140. The van der Waals surface area contributed by atoms with Crippen molar-refractivity contribution in [1.29, 1.82) is 0 Å². The third-order valence-corrected chi connectivity index (χ3v) is 2.36. The van der Waals surface area contributed by atoms with Crippen LogP contribution in [0.3, 0.4) is 0 Å². The molecule has 1 aromatic rings. The fraction of sp³-hybridized carbons (Fsp3) is 0.375. The van der Waals surface area contributed by atoms with Crippen LogP contribution in [0, 0.1) is 0 Å². The summed E-state index contributed by atoms with van der Waals surface area (Å²) in [5.41, 5.74) is 5.19. The molecule has 1 unspecified atom stereocenters. The third-order valence-electron chi connectivity index (χ3n) is 1.70. The van der Waals surface area contributed by atoms with Crippen molar-refractivity contribution in [2.45, 2.75) is 11.4 Å². The highest BCUT2D eigenvalue weighted by Crippen LogP contribution is 2.05. The number of rotatable bonds is 4. The largest absolute Gasteiger partial charge is 0.468 e. The van der Waals surface area contributed by atoms with Gasteiger partial charge in [-0.15, -0.1) is 0 Å². The maximum absolute atomic E-state index is 11.1. The molecule has 0 bridgehead atoms. The fourth-order valence-corrected chi connectivity index (χ4v) is 1.45. The van der Waals surface area contributed by atoms with Gasteiger partial charge in [-0.25, -0.2) is 0 Å². The highest BCUT2D eigenvalue weighted by atomic mass is 79.9. The van der Waals surface area contributed by atoms with E-state index in [2.05, 4.69) is 25.8 Å². The molecule has 1 rings (SSSR count). The molecular formula is C8H10BrN3O3. The summed E-state index contributed by atoms with van der Waals surface area (Å²) >= 11 is 3.13. The van der Waals surface area contributed by atoms with Crippen molar-refractivity contribution in [2.24, 2.45) is 5.73 Å². The van der Waals surface area contributed by atoms with Crippen LogP contribution in [0.5, 0.6) is 0 Å². The van der Waals surface area contributed by atoms with Gasteiger partial charge < -0.3 is 10.5 Å². The molecule has 15 heavy (non-hydrogen) atoms. The number of carbonyl (C=O) groups excluding carboxylic acids is 2. The van der Waals surface area contributed by atoms with Crippen molar-refractivity contribution in [3.8, 4) is 0 Å². The summed E-state index contributed by atoms with van der Waals surface area (Å²) in [7, 11) is 1.30. The summed E-state index contributed by atoms with van der Waals surface area (Å²) in [6.07, 6.45) is 1.57. The monoisotopic (exact) mass is 275 g/mol. The first kappa shape index (κ1) is 11.7. The molecule has 7 heteroatoms. The number of alkyl halides is 1. The molecule has 0 spiro atoms. The predicted molar refractivity (Wildman–Crippen MR) is 55.5 cm³/mol. The van der Waals surface area contributed by atoms with Crippen LogP contribution in [-0.4, -0.2) is 33.6 Å². The van der Waals surface area contributed by atoms with Crippen molar-refractivity contribution < 1.29 is 14.3 Å². The first-order valence-corrected chi connectivity index (χ1v) is 5.01. The highest BCUT2D eigenvalue weighted by molar-refractivity contribution is 9.10. The number of hydrogen-bond donors (Lipinski definition) is 1. The number of aromatic nitrogens is 2. The maximum atomic E-state index is 11.1. The number of carbonyl (C=O) groups is 2. The highest BCUT2D eigenvalue weighted by Gasteiger charge is 2.16. The molecule has 6 nitrogen and oxygen atoms in total. The number of hydrogen-bond acceptors (Lipinski definition) is 4.